The van der Waals surface area contributed by atoms with Gasteiger partial charge in [-0.3, -0.25) is 4.90 Å². The molecule has 0 fully saturated rings. The second-order valence-electron chi connectivity index (χ2n) is 4.47. The number of nitrogens with zero attached hydrogens (tertiary/aromatic N) is 1. The number of anilines is 1. The highest BCUT2D eigenvalue weighted by Crippen LogP contribution is 2.17. The highest BCUT2D eigenvalue weighted by atomic mass is 16.4. The molecule has 0 aliphatic rings. The van der Waals surface area contributed by atoms with Gasteiger partial charge in [0.25, 0.3) is 0 Å². The molecule has 0 bridgehead atoms. The fourth-order valence-electron chi connectivity index (χ4n) is 1.84. The van der Waals surface area contributed by atoms with Crippen LogP contribution in [0.3, 0.4) is 0 Å². The molecule has 1 aromatic rings. The number of carbonyl (C=O) groups excluding carboxylic acids is 1. The molecule has 5 nitrogen and oxygen atoms in total. The maximum atomic E-state index is 12.0. The van der Waals surface area contributed by atoms with Crippen molar-refractivity contribution in [2.45, 2.75) is 32.7 Å². The van der Waals surface area contributed by atoms with Crippen LogP contribution in [0.25, 0.3) is 0 Å². The average molecular weight is 264 g/mol. The van der Waals surface area contributed by atoms with Crippen LogP contribution in [-0.4, -0.2) is 30.2 Å². The van der Waals surface area contributed by atoms with Crippen LogP contribution in [0, 0.1) is 6.92 Å². The van der Waals surface area contributed by atoms with Crippen molar-refractivity contribution in [1.29, 1.82) is 0 Å². The van der Waals surface area contributed by atoms with Crippen LogP contribution in [0.5, 0.6) is 0 Å². The molecule has 1 atom stereocenters. The molecule has 2 N–H and O–H groups in total. The monoisotopic (exact) mass is 264 g/mol. The van der Waals surface area contributed by atoms with E-state index in [1.807, 2.05) is 38.1 Å². The van der Waals surface area contributed by atoms with Crippen LogP contribution >= 0.6 is 0 Å². The minimum Gasteiger partial charge on any atom is -0.480 e. The number of amides is 2. The molecule has 1 rings (SSSR count). The SMILES string of the molecule is CCC[C@H](NC(=O)N(C)c1ccccc1C)C(=O)O. The van der Waals surface area contributed by atoms with E-state index in [1.54, 1.807) is 7.05 Å². The summed E-state index contributed by atoms with van der Waals surface area (Å²) in [7, 11) is 1.63. The number of carbonyl (C=O) groups is 2. The third-order valence-electron chi connectivity index (χ3n) is 2.95. The third kappa shape index (κ3) is 3.98. The Hall–Kier alpha value is -2.04. The normalized spacial score (nSPS) is 11.7. The van der Waals surface area contributed by atoms with E-state index in [0.717, 1.165) is 11.3 Å². The largest absolute Gasteiger partial charge is 0.480 e. The number of carboxylic acid groups (broad SMARTS) is 1. The predicted octanol–water partition coefficient (Wildman–Crippen LogP) is 2.39. The maximum Gasteiger partial charge on any atom is 0.326 e. The molecule has 0 aliphatic heterocycles. The number of carboxylic acids is 1. The summed E-state index contributed by atoms with van der Waals surface area (Å²) in [5.41, 5.74) is 1.73. The summed E-state index contributed by atoms with van der Waals surface area (Å²) in [4.78, 5) is 24.5. The second-order valence-corrected chi connectivity index (χ2v) is 4.47. The molecule has 0 spiro atoms. The first-order valence-electron chi connectivity index (χ1n) is 6.30. The molecule has 0 saturated carbocycles. The molecule has 19 heavy (non-hydrogen) atoms. The van der Waals surface area contributed by atoms with Gasteiger partial charge in [0.15, 0.2) is 0 Å². The summed E-state index contributed by atoms with van der Waals surface area (Å²) in [6, 6.07) is 6.21. The lowest BCUT2D eigenvalue weighted by Crippen LogP contribution is -2.46. The van der Waals surface area contributed by atoms with Crippen molar-refractivity contribution in [2.24, 2.45) is 0 Å². The number of benzene rings is 1. The number of rotatable bonds is 5. The number of urea groups is 1. The smallest absolute Gasteiger partial charge is 0.326 e. The van der Waals surface area contributed by atoms with E-state index in [4.69, 9.17) is 5.11 Å². The topological polar surface area (TPSA) is 69.6 Å². The predicted molar refractivity (Wildman–Crippen MR) is 74.4 cm³/mol. The van der Waals surface area contributed by atoms with Crippen molar-refractivity contribution in [3.63, 3.8) is 0 Å². The van der Waals surface area contributed by atoms with Gasteiger partial charge in [0.05, 0.1) is 0 Å². The van der Waals surface area contributed by atoms with E-state index >= 15 is 0 Å². The Morgan fingerprint density at radius 1 is 1.37 bits per heavy atom. The molecule has 2 amide bonds. The Labute approximate surface area is 113 Å². The van der Waals surface area contributed by atoms with E-state index < -0.39 is 18.0 Å². The fourth-order valence-corrected chi connectivity index (χ4v) is 1.84. The number of hydrogen-bond donors (Lipinski definition) is 2. The zero-order chi connectivity index (χ0) is 14.4. The Balaban J connectivity index is 2.77. The Kier molecular flexibility index (Phi) is 5.36. The molecular formula is C14H20N2O3. The molecule has 0 aliphatic carbocycles. The second kappa shape index (κ2) is 6.78. The number of aryl methyl sites for hydroxylation is 1. The highest BCUT2D eigenvalue weighted by molar-refractivity contribution is 5.94. The summed E-state index contributed by atoms with van der Waals surface area (Å²) in [5.74, 6) is -1.01. The van der Waals surface area contributed by atoms with Gasteiger partial charge < -0.3 is 10.4 Å². The van der Waals surface area contributed by atoms with Gasteiger partial charge in [0.2, 0.25) is 0 Å². The molecular weight excluding hydrogens is 244 g/mol. The first kappa shape index (κ1) is 15.0. The molecule has 1 aromatic carbocycles. The molecule has 5 heteroatoms. The summed E-state index contributed by atoms with van der Waals surface area (Å²) in [6.45, 7) is 3.78. The lowest BCUT2D eigenvalue weighted by atomic mass is 10.1. The third-order valence-corrected chi connectivity index (χ3v) is 2.95. The lowest BCUT2D eigenvalue weighted by Gasteiger charge is -2.22. The van der Waals surface area contributed by atoms with Gasteiger partial charge >= 0.3 is 12.0 Å². The molecule has 0 saturated heterocycles. The number of nitrogens with one attached hydrogen (secondary N) is 1. The number of hydrogen-bond acceptors (Lipinski definition) is 2. The van der Waals surface area contributed by atoms with Gasteiger partial charge in [-0.05, 0) is 25.0 Å². The van der Waals surface area contributed by atoms with Crippen LogP contribution in [0.1, 0.15) is 25.3 Å². The number of para-hydroxylation sites is 1. The van der Waals surface area contributed by atoms with E-state index in [2.05, 4.69) is 5.32 Å². The first-order chi connectivity index (χ1) is 8.97. The molecule has 0 aromatic heterocycles. The van der Waals surface area contributed by atoms with Crippen LogP contribution < -0.4 is 10.2 Å². The van der Waals surface area contributed by atoms with Crippen LogP contribution in [-0.2, 0) is 4.79 Å². The van der Waals surface area contributed by atoms with Crippen molar-refractivity contribution in [3.8, 4) is 0 Å². The van der Waals surface area contributed by atoms with Gasteiger partial charge in [0.1, 0.15) is 6.04 Å². The lowest BCUT2D eigenvalue weighted by molar-refractivity contribution is -0.139. The van der Waals surface area contributed by atoms with E-state index in [1.165, 1.54) is 4.90 Å². The Bertz CT molecular complexity index is 460. The summed E-state index contributed by atoms with van der Waals surface area (Å²) < 4.78 is 0. The van der Waals surface area contributed by atoms with E-state index in [-0.39, 0.29) is 0 Å². The zero-order valence-electron chi connectivity index (χ0n) is 11.5. The number of aliphatic carboxylic acids is 1. The van der Waals surface area contributed by atoms with Gasteiger partial charge in [-0.15, -0.1) is 0 Å². The summed E-state index contributed by atoms with van der Waals surface area (Å²) in [5, 5.41) is 11.6. The minimum absolute atomic E-state index is 0.407. The molecule has 0 unspecified atom stereocenters. The molecule has 0 radical (unpaired) electrons. The van der Waals surface area contributed by atoms with E-state index in [0.29, 0.717) is 12.8 Å². The van der Waals surface area contributed by atoms with Crippen molar-refractivity contribution in [3.05, 3.63) is 29.8 Å². The van der Waals surface area contributed by atoms with Crippen molar-refractivity contribution < 1.29 is 14.7 Å². The Morgan fingerprint density at radius 3 is 2.53 bits per heavy atom. The quantitative estimate of drug-likeness (QED) is 0.858. The fraction of sp³-hybridized carbons (Fsp3) is 0.429. The van der Waals surface area contributed by atoms with Crippen molar-refractivity contribution >= 4 is 17.7 Å². The van der Waals surface area contributed by atoms with Gasteiger partial charge in [-0.1, -0.05) is 31.5 Å². The van der Waals surface area contributed by atoms with E-state index in [9.17, 15) is 9.59 Å². The van der Waals surface area contributed by atoms with Crippen LogP contribution in [0.15, 0.2) is 24.3 Å². The zero-order valence-corrected chi connectivity index (χ0v) is 11.5. The first-order valence-corrected chi connectivity index (χ1v) is 6.30. The standard InChI is InChI=1S/C14H20N2O3/c1-4-7-11(13(17)18)15-14(19)16(3)12-9-6-5-8-10(12)2/h5-6,8-9,11H,4,7H2,1-3H3,(H,15,19)(H,17,18)/t11-/m0/s1. The molecule has 0 heterocycles. The van der Waals surface area contributed by atoms with Crippen molar-refractivity contribution in [2.75, 3.05) is 11.9 Å². The minimum atomic E-state index is -1.01. The van der Waals surface area contributed by atoms with Gasteiger partial charge in [0, 0.05) is 12.7 Å². The maximum absolute atomic E-state index is 12.0. The van der Waals surface area contributed by atoms with Crippen molar-refractivity contribution in [1.82, 2.24) is 5.32 Å². The summed E-state index contributed by atoms with van der Waals surface area (Å²) >= 11 is 0. The Morgan fingerprint density at radius 2 is 2.00 bits per heavy atom. The molecule has 104 valence electrons. The van der Waals surface area contributed by atoms with Gasteiger partial charge in [-0.2, -0.15) is 0 Å². The van der Waals surface area contributed by atoms with Crippen LogP contribution in [0.4, 0.5) is 10.5 Å². The average Bonchev–Trinajstić information content (AvgIpc) is 2.37. The van der Waals surface area contributed by atoms with Gasteiger partial charge in [-0.25, -0.2) is 9.59 Å². The van der Waals surface area contributed by atoms with Crippen LogP contribution in [0.2, 0.25) is 0 Å². The summed E-state index contributed by atoms with van der Waals surface area (Å²) in [6.07, 6.45) is 1.12. The highest BCUT2D eigenvalue weighted by Gasteiger charge is 2.21.